The zero-order chi connectivity index (χ0) is 13.2. The minimum Gasteiger partial charge on any atom is -0.475 e. The van der Waals surface area contributed by atoms with E-state index in [1.54, 1.807) is 0 Å². The first-order valence-electron chi connectivity index (χ1n) is 7.00. The van der Waals surface area contributed by atoms with Crippen molar-refractivity contribution in [2.24, 2.45) is 0 Å². The molecule has 3 nitrogen and oxygen atoms in total. The van der Waals surface area contributed by atoms with Crippen LogP contribution in [0.3, 0.4) is 0 Å². The lowest BCUT2D eigenvalue weighted by atomic mass is 10.1. The maximum absolute atomic E-state index is 5.79. The van der Waals surface area contributed by atoms with Gasteiger partial charge in [0.25, 0.3) is 0 Å². The van der Waals surface area contributed by atoms with Gasteiger partial charge < -0.3 is 10.1 Å². The molecule has 1 aromatic carbocycles. The van der Waals surface area contributed by atoms with Gasteiger partial charge in [0.05, 0.1) is 6.10 Å². The summed E-state index contributed by atoms with van der Waals surface area (Å²) in [7, 11) is 0. The van der Waals surface area contributed by atoms with Gasteiger partial charge in [-0.15, -0.1) is 0 Å². The minimum absolute atomic E-state index is 0.145. The molecule has 0 aliphatic heterocycles. The zero-order valence-electron chi connectivity index (χ0n) is 11.5. The van der Waals surface area contributed by atoms with Gasteiger partial charge in [-0.05, 0) is 43.7 Å². The lowest BCUT2D eigenvalue weighted by Gasteiger charge is -2.13. The van der Waals surface area contributed by atoms with Crippen LogP contribution in [0.1, 0.15) is 32.3 Å². The number of ether oxygens (including phenoxy) is 1. The Morgan fingerprint density at radius 2 is 2.00 bits per heavy atom. The summed E-state index contributed by atoms with van der Waals surface area (Å²) in [4.78, 5) is 4.48. The zero-order valence-corrected chi connectivity index (χ0v) is 11.5. The smallest absolute Gasteiger partial charge is 0.221 e. The molecule has 3 rings (SSSR count). The molecule has 1 heterocycles. The molecule has 3 heteroatoms. The standard InChI is InChI=1S/C16H20N2O/c1-11(2)19-16-15-6-4-3-5-14(15)12(10-18-16)9-17-13-7-8-13/h3-6,10-11,13,17H,7-9H2,1-2H3. The van der Waals surface area contributed by atoms with Crippen LogP contribution in [-0.4, -0.2) is 17.1 Å². The first kappa shape index (κ1) is 12.4. The second-order valence-electron chi connectivity index (χ2n) is 5.46. The first-order valence-corrected chi connectivity index (χ1v) is 7.00. The van der Waals surface area contributed by atoms with Gasteiger partial charge in [-0.1, -0.05) is 18.2 Å². The second kappa shape index (κ2) is 5.17. The van der Waals surface area contributed by atoms with E-state index < -0.39 is 0 Å². The molecule has 0 bridgehead atoms. The van der Waals surface area contributed by atoms with Crippen LogP contribution < -0.4 is 10.1 Å². The predicted molar refractivity (Wildman–Crippen MR) is 77.4 cm³/mol. The van der Waals surface area contributed by atoms with Crippen molar-refractivity contribution in [3.8, 4) is 5.88 Å². The molecule has 19 heavy (non-hydrogen) atoms. The number of aromatic nitrogens is 1. The summed E-state index contributed by atoms with van der Waals surface area (Å²) >= 11 is 0. The lowest BCUT2D eigenvalue weighted by molar-refractivity contribution is 0.236. The third-order valence-electron chi connectivity index (χ3n) is 3.35. The lowest BCUT2D eigenvalue weighted by Crippen LogP contribution is -2.16. The molecule has 0 spiro atoms. The molecular formula is C16H20N2O. The number of nitrogens with zero attached hydrogens (tertiary/aromatic N) is 1. The third kappa shape index (κ3) is 2.87. The second-order valence-corrected chi connectivity index (χ2v) is 5.46. The molecule has 1 saturated carbocycles. The molecule has 1 fully saturated rings. The largest absolute Gasteiger partial charge is 0.475 e. The minimum atomic E-state index is 0.145. The molecule has 1 aliphatic carbocycles. The van der Waals surface area contributed by atoms with Crippen molar-refractivity contribution in [3.63, 3.8) is 0 Å². The van der Waals surface area contributed by atoms with Crippen molar-refractivity contribution < 1.29 is 4.74 Å². The van der Waals surface area contributed by atoms with Crippen LogP contribution in [-0.2, 0) is 6.54 Å². The summed E-state index contributed by atoms with van der Waals surface area (Å²) < 4.78 is 5.79. The maximum Gasteiger partial charge on any atom is 0.221 e. The van der Waals surface area contributed by atoms with Gasteiger partial charge in [0.2, 0.25) is 5.88 Å². The number of rotatable bonds is 5. The highest BCUT2D eigenvalue weighted by Crippen LogP contribution is 2.27. The number of hydrogen-bond acceptors (Lipinski definition) is 3. The summed E-state index contributed by atoms with van der Waals surface area (Å²) in [6.07, 6.45) is 4.70. The van der Waals surface area contributed by atoms with Crippen LogP contribution >= 0.6 is 0 Å². The molecule has 1 N–H and O–H groups in total. The molecule has 1 aliphatic rings. The van der Waals surface area contributed by atoms with Crippen molar-refractivity contribution in [1.29, 1.82) is 0 Å². The van der Waals surface area contributed by atoms with Crippen molar-refractivity contribution in [2.45, 2.75) is 45.4 Å². The highest BCUT2D eigenvalue weighted by atomic mass is 16.5. The normalized spacial score (nSPS) is 15.1. The van der Waals surface area contributed by atoms with E-state index in [1.807, 2.05) is 26.1 Å². The average Bonchev–Trinajstić information content (AvgIpc) is 3.21. The fraction of sp³-hybridized carbons (Fsp3) is 0.438. The summed E-state index contributed by atoms with van der Waals surface area (Å²) in [5, 5.41) is 5.88. The van der Waals surface area contributed by atoms with E-state index in [1.165, 1.54) is 23.8 Å². The van der Waals surface area contributed by atoms with Crippen molar-refractivity contribution >= 4 is 10.8 Å². The Hall–Kier alpha value is -1.61. The van der Waals surface area contributed by atoms with Crippen molar-refractivity contribution in [3.05, 3.63) is 36.0 Å². The topological polar surface area (TPSA) is 34.1 Å². The van der Waals surface area contributed by atoms with E-state index in [0.29, 0.717) is 6.04 Å². The quantitative estimate of drug-likeness (QED) is 0.891. The van der Waals surface area contributed by atoms with Gasteiger partial charge in [-0.2, -0.15) is 0 Å². The average molecular weight is 256 g/mol. The van der Waals surface area contributed by atoms with E-state index in [4.69, 9.17) is 4.74 Å². The maximum atomic E-state index is 5.79. The van der Waals surface area contributed by atoms with Gasteiger partial charge in [-0.3, -0.25) is 0 Å². The van der Waals surface area contributed by atoms with E-state index in [9.17, 15) is 0 Å². The van der Waals surface area contributed by atoms with E-state index in [2.05, 4.69) is 28.5 Å². The Balaban J connectivity index is 1.94. The predicted octanol–water partition coefficient (Wildman–Crippen LogP) is 3.27. The summed E-state index contributed by atoms with van der Waals surface area (Å²) in [5.74, 6) is 0.737. The van der Waals surface area contributed by atoms with Crippen LogP contribution in [0.4, 0.5) is 0 Å². The number of nitrogens with one attached hydrogen (secondary N) is 1. The molecule has 0 atom stereocenters. The van der Waals surface area contributed by atoms with Crippen LogP contribution in [0.15, 0.2) is 30.5 Å². The van der Waals surface area contributed by atoms with Crippen LogP contribution in [0.5, 0.6) is 5.88 Å². The van der Waals surface area contributed by atoms with Gasteiger partial charge in [0.15, 0.2) is 0 Å². The molecule has 0 unspecified atom stereocenters. The Morgan fingerprint density at radius 1 is 1.26 bits per heavy atom. The molecule has 0 radical (unpaired) electrons. The number of pyridine rings is 1. The number of hydrogen-bond donors (Lipinski definition) is 1. The molecule has 0 amide bonds. The summed E-state index contributed by atoms with van der Waals surface area (Å²) in [5.41, 5.74) is 1.25. The SMILES string of the molecule is CC(C)Oc1ncc(CNC2CC2)c2ccccc12. The molecule has 1 aromatic heterocycles. The highest BCUT2D eigenvalue weighted by molar-refractivity contribution is 5.89. The summed E-state index contributed by atoms with van der Waals surface area (Å²) in [6, 6.07) is 9.05. The van der Waals surface area contributed by atoms with E-state index in [-0.39, 0.29) is 6.10 Å². The molecule has 2 aromatic rings. The van der Waals surface area contributed by atoms with Crippen LogP contribution in [0.2, 0.25) is 0 Å². The third-order valence-corrected chi connectivity index (χ3v) is 3.35. The number of fused-ring (bicyclic) bond motifs is 1. The monoisotopic (exact) mass is 256 g/mol. The highest BCUT2D eigenvalue weighted by Gasteiger charge is 2.20. The van der Waals surface area contributed by atoms with Gasteiger partial charge in [0, 0.05) is 24.2 Å². The Labute approximate surface area is 114 Å². The fourth-order valence-corrected chi connectivity index (χ4v) is 2.23. The fourth-order valence-electron chi connectivity index (χ4n) is 2.23. The van der Waals surface area contributed by atoms with Crippen molar-refractivity contribution in [1.82, 2.24) is 10.3 Å². The van der Waals surface area contributed by atoms with Gasteiger partial charge >= 0.3 is 0 Å². The van der Waals surface area contributed by atoms with Crippen LogP contribution in [0, 0.1) is 0 Å². The Bertz CT molecular complexity index is 576. The molecule has 100 valence electrons. The van der Waals surface area contributed by atoms with Gasteiger partial charge in [-0.25, -0.2) is 4.98 Å². The Kier molecular flexibility index (Phi) is 3.38. The van der Waals surface area contributed by atoms with E-state index >= 15 is 0 Å². The van der Waals surface area contributed by atoms with Crippen molar-refractivity contribution in [2.75, 3.05) is 0 Å². The molecular weight excluding hydrogens is 236 g/mol. The van der Waals surface area contributed by atoms with Crippen LogP contribution in [0.25, 0.3) is 10.8 Å². The Morgan fingerprint density at radius 3 is 2.68 bits per heavy atom. The summed E-state index contributed by atoms with van der Waals surface area (Å²) in [6.45, 7) is 4.94. The number of benzene rings is 1. The molecule has 0 saturated heterocycles. The van der Waals surface area contributed by atoms with Gasteiger partial charge in [0.1, 0.15) is 0 Å². The van der Waals surface area contributed by atoms with E-state index in [0.717, 1.165) is 17.8 Å². The first-order chi connectivity index (χ1) is 9.24.